The third-order valence-corrected chi connectivity index (χ3v) is 3.36. The van der Waals surface area contributed by atoms with Gasteiger partial charge in [-0.2, -0.15) is 0 Å². The summed E-state index contributed by atoms with van der Waals surface area (Å²) in [5, 5.41) is 12.6. The lowest BCUT2D eigenvalue weighted by molar-refractivity contribution is 0.211. The van der Waals surface area contributed by atoms with Crippen LogP contribution in [0.2, 0.25) is 0 Å². The fraction of sp³-hybridized carbons (Fsp3) is 0.312. The molecule has 0 spiro atoms. The summed E-state index contributed by atoms with van der Waals surface area (Å²) in [7, 11) is 0. The van der Waals surface area contributed by atoms with Crippen LogP contribution < -0.4 is 10.1 Å². The Balaban J connectivity index is 2.03. The van der Waals surface area contributed by atoms with Crippen LogP contribution in [0.3, 0.4) is 0 Å². The zero-order valence-electron chi connectivity index (χ0n) is 12.1. The maximum absolute atomic E-state index is 9.43. The third-order valence-electron chi connectivity index (χ3n) is 3.01. The van der Waals surface area contributed by atoms with Crippen molar-refractivity contribution in [2.75, 3.05) is 17.7 Å². The van der Waals surface area contributed by atoms with E-state index in [9.17, 15) is 5.11 Å². The smallest absolute Gasteiger partial charge is 0.145 e. The van der Waals surface area contributed by atoms with E-state index in [1.165, 1.54) is 0 Å². The molecule has 0 bridgehead atoms. The Bertz CT molecular complexity index is 587. The molecule has 2 rings (SSSR count). The summed E-state index contributed by atoms with van der Waals surface area (Å²) in [6.07, 6.45) is 1.15. The first-order valence-corrected chi connectivity index (χ1v) is 7.31. The summed E-state index contributed by atoms with van der Waals surface area (Å²) < 4.78 is 5.81. The number of halogens is 1. The maximum Gasteiger partial charge on any atom is 0.145 e. The number of benzene rings is 1. The van der Waals surface area contributed by atoms with Gasteiger partial charge in [0.05, 0.1) is 18.2 Å². The molecule has 1 atom stereocenters. The Morgan fingerprint density at radius 3 is 2.71 bits per heavy atom. The van der Waals surface area contributed by atoms with Crippen LogP contribution in [0.1, 0.15) is 11.3 Å². The SMILES string of the molecule is Cc1ccc(Oc2ccc(NCC(O)CCl)cc2C)cn1. The number of anilines is 1. The molecule has 0 aliphatic rings. The summed E-state index contributed by atoms with van der Waals surface area (Å²) in [4.78, 5) is 4.20. The van der Waals surface area contributed by atoms with E-state index in [2.05, 4.69) is 10.3 Å². The Labute approximate surface area is 129 Å². The number of pyridine rings is 1. The highest BCUT2D eigenvalue weighted by Gasteiger charge is 2.05. The van der Waals surface area contributed by atoms with E-state index in [1.54, 1.807) is 6.20 Å². The Morgan fingerprint density at radius 2 is 2.10 bits per heavy atom. The zero-order valence-corrected chi connectivity index (χ0v) is 12.9. The van der Waals surface area contributed by atoms with Gasteiger partial charge < -0.3 is 15.2 Å². The van der Waals surface area contributed by atoms with Crippen LogP contribution in [0.4, 0.5) is 5.69 Å². The van der Waals surface area contributed by atoms with Crippen molar-refractivity contribution in [3.05, 3.63) is 47.8 Å². The molecule has 21 heavy (non-hydrogen) atoms. The highest BCUT2D eigenvalue weighted by atomic mass is 35.5. The Kier molecular flexibility index (Phi) is 5.42. The topological polar surface area (TPSA) is 54.4 Å². The van der Waals surface area contributed by atoms with Crippen molar-refractivity contribution in [2.24, 2.45) is 0 Å². The van der Waals surface area contributed by atoms with Gasteiger partial charge in [-0.1, -0.05) is 0 Å². The number of aryl methyl sites for hydroxylation is 2. The lowest BCUT2D eigenvalue weighted by Crippen LogP contribution is -2.20. The molecule has 1 aromatic heterocycles. The molecule has 4 nitrogen and oxygen atoms in total. The summed E-state index contributed by atoms with van der Waals surface area (Å²) in [5.74, 6) is 1.71. The van der Waals surface area contributed by atoms with Gasteiger partial charge in [0.2, 0.25) is 0 Å². The molecular formula is C16H19ClN2O2. The van der Waals surface area contributed by atoms with Crippen molar-refractivity contribution in [1.82, 2.24) is 4.98 Å². The molecular weight excluding hydrogens is 288 g/mol. The van der Waals surface area contributed by atoms with Gasteiger partial charge >= 0.3 is 0 Å². The predicted octanol–water partition coefficient (Wildman–Crippen LogP) is 3.50. The Morgan fingerprint density at radius 1 is 1.29 bits per heavy atom. The van der Waals surface area contributed by atoms with Gasteiger partial charge in [-0.15, -0.1) is 11.6 Å². The monoisotopic (exact) mass is 306 g/mol. The van der Waals surface area contributed by atoms with Crippen molar-refractivity contribution in [3.63, 3.8) is 0 Å². The van der Waals surface area contributed by atoms with Gasteiger partial charge in [-0.3, -0.25) is 4.98 Å². The second-order valence-corrected chi connectivity index (χ2v) is 5.22. The van der Waals surface area contributed by atoms with E-state index >= 15 is 0 Å². The molecule has 0 radical (unpaired) electrons. The van der Waals surface area contributed by atoms with Crippen LogP contribution in [0.25, 0.3) is 0 Å². The minimum atomic E-state index is -0.554. The summed E-state index contributed by atoms with van der Waals surface area (Å²) in [5.41, 5.74) is 2.88. The summed E-state index contributed by atoms with van der Waals surface area (Å²) >= 11 is 5.56. The third kappa shape index (κ3) is 4.62. The van der Waals surface area contributed by atoms with E-state index in [4.69, 9.17) is 16.3 Å². The standard InChI is InChI=1S/C16H19ClN2O2/c1-11-7-13(19-9-14(20)8-17)4-6-16(11)21-15-5-3-12(2)18-10-15/h3-7,10,14,19-20H,8-9H2,1-2H3. The summed E-state index contributed by atoms with van der Waals surface area (Å²) in [6, 6.07) is 9.58. The van der Waals surface area contributed by atoms with Gasteiger partial charge in [0, 0.05) is 17.9 Å². The largest absolute Gasteiger partial charge is 0.455 e. The molecule has 1 unspecified atom stereocenters. The first-order chi connectivity index (χ1) is 10.1. The molecule has 0 fully saturated rings. The molecule has 2 aromatic rings. The van der Waals surface area contributed by atoms with Gasteiger partial charge in [0.1, 0.15) is 11.5 Å². The van der Waals surface area contributed by atoms with E-state index < -0.39 is 6.10 Å². The van der Waals surface area contributed by atoms with Gasteiger partial charge in [-0.25, -0.2) is 0 Å². The van der Waals surface area contributed by atoms with Crippen LogP contribution in [-0.4, -0.2) is 28.6 Å². The number of aliphatic hydroxyl groups excluding tert-OH is 1. The molecule has 0 saturated heterocycles. The van der Waals surface area contributed by atoms with Crippen molar-refractivity contribution >= 4 is 17.3 Å². The van der Waals surface area contributed by atoms with E-state index in [1.807, 2.05) is 44.2 Å². The first-order valence-electron chi connectivity index (χ1n) is 6.77. The molecule has 2 N–H and O–H groups in total. The van der Waals surface area contributed by atoms with E-state index in [-0.39, 0.29) is 5.88 Å². The highest BCUT2D eigenvalue weighted by molar-refractivity contribution is 6.18. The maximum atomic E-state index is 9.43. The second-order valence-electron chi connectivity index (χ2n) is 4.91. The number of hydrogen-bond acceptors (Lipinski definition) is 4. The van der Waals surface area contributed by atoms with E-state index in [0.717, 1.165) is 22.7 Å². The van der Waals surface area contributed by atoms with E-state index in [0.29, 0.717) is 12.3 Å². The quantitative estimate of drug-likeness (QED) is 0.802. The predicted molar refractivity (Wildman–Crippen MR) is 85.4 cm³/mol. The molecule has 0 amide bonds. The van der Waals surface area contributed by atoms with Crippen molar-refractivity contribution in [3.8, 4) is 11.5 Å². The number of nitrogens with zero attached hydrogens (tertiary/aromatic N) is 1. The Hall–Kier alpha value is -1.78. The molecule has 1 aromatic carbocycles. The molecule has 5 heteroatoms. The number of aliphatic hydroxyl groups is 1. The molecule has 0 saturated carbocycles. The fourth-order valence-corrected chi connectivity index (χ4v) is 1.91. The lowest BCUT2D eigenvalue weighted by atomic mass is 10.2. The minimum absolute atomic E-state index is 0.216. The first kappa shape index (κ1) is 15.6. The number of ether oxygens (including phenoxy) is 1. The average Bonchev–Trinajstić information content (AvgIpc) is 2.49. The van der Waals surface area contributed by atoms with Gasteiger partial charge in [0.15, 0.2) is 0 Å². The van der Waals surface area contributed by atoms with Gasteiger partial charge in [0.25, 0.3) is 0 Å². The van der Waals surface area contributed by atoms with Crippen LogP contribution in [0.5, 0.6) is 11.5 Å². The van der Waals surface area contributed by atoms with Gasteiger partial charge in [-0.05, 0) is 49.7 Å². The molecule has 112 valence electrons. The van der Waals surface area contributed by atoms with Crippen LogP contribution in [0.15, 0.2) is 36.5 Å². The molecule has 1 heterocycles. The van der Waals surface area contributed by atoms with Crippen molar-refractivity contribution < 1.29 is 9.84 Å². The van der Waals surface area contributed by atoms with Crippen LogP contribution in [-0.2, 0) is 0 Å². The normalized spacial score (nSPS) is 12.0. The molecule has 0 aliphatic heterocycles. The van der Waals surface area contributed by atoms with Crippen LogP contribution in [0, 0.1) is 13.8 Å². The number of hydrogen-bond donors (Lipinski definition) is 2. The molecule has 0 aliphatic carbocycles. The summed E-state index contributed by atoms with van der Waals surface area (Å²) in [6.45, 7) is 4.33. The van der Waals surface area contributed by atoms with Crippen molar-refractivity contribution in [2.45, 2.75) is 20.0 Å². The fourth-order valence-electron chi connectivity index (χ4n) is 1.81. The number of aromatic nitrogens is 1. The van der Waals surface area contributed by atoms with Crippen LogP contribution >= 0.6 is 11.6 Å². The zero-order chi connectivity index (χ0) is 15.2. The number of nitrogens with one attached hydrogen (secondary N) is 1. The number of rotatable bonds is 6. The number of alkyl halides is 1. The lowest BCUT2D eigenvalue weighted by Gasteiger charge is -2.13. The minimum Gasteiger partial charge on any atom is -0.455 e. The second kappa shape index (κ2) is 7.29. The van der Waals surface area contributed by atoms with Crippen molar-refractivity contribution in [1.29, 1.82) is 0 Å². The average molecular weight is 307 g/mol. The highest BCUT2D eigenvalue weighted by Crippen LogP contribution is 2.27.